The number of rotatable bonds is 18. The van der Waals surface area contributed by atoms with Gasteiger partial charge in [-0.05, 0) is 196 Å². The average Bonchev–Trinajstić information content (AvgIpc) is 3.20. The van der Waals surface area contributed by atoms with Crippen LogP contribution in [0, 0.1) is 77.0 Å². The molecule has 8 heteroatoms. The smallest absolute Gasteiger partial charge is 0.125 e. The lowest BCUT2D eigenvalue weighted by Gasteiger charge is -2.40. The van der Waals surface area contributed by atoms with Gasteiger partial charge < -0.3 is 37.9 Å². The zero-order valence-electron chi connectivity index (χ0n) is 41.2. The Hall–Kier alpha value is -4.08. The summed E-state index contributed by atoms with van der Waals surface area (Å²) in [5.74, 6) is 4.04. The first-order valence-electron chi connectivity index (χ1n) is 23.9. The van der Waals surface area contributed by atoms with Crippen LogP contribution in [0.3, 0.4) is 0 Å². The molecule has 0 bridgehead atoms. The molecule has 0 amide bonds. The van der Waals surface area contributed by atoms with Gasteiger partial charge >= 0.3 is 0 Å². The van der Waals surface area contributed by atoms with Gasteiger partial charge in [0.25, 0.3) is 0 Å². The summed E-state index contributed by atoms with van der Waals surface area (Å²) < 4.78 is 47.0. The summed E-state index contributed by atoms with van der Waals surface area (Å²) in [5, 5.41) is 0. The first-order chi connectivity index (χ1) is 30.6. The zero-order chi connectivity index (χ0) is 45.9. The number of ether oxygens (including phenoxy) is 8. The molecular weight excluding hydrogens is 801 g/mol. The van der Waals surface area contributed by atoms with E-state index >= 15 is 0 Å². The van der Waals surface area contributed by atoms with Gasteiger partial charge in [-0.3, -0.25) is 0 Å². The van der Waals surface area contributed by atoms with E-state index in [4.69, 9.17) is 37.9 Å². The predicted molar refractivity (Wildman–Crippen MR) is 258 cm³/mol. The summed E-state index contributed by atoms with van der Waals surface area (Å²) >= 11 is 0. The van der Waals surface area contributed by atoms with E-state index in [2.05, 4.69) is 132 Å². The fourth-order valence-electron chi connectivity index (χ4n) is 9.40. The molecule has 348 valence electrons. The SMILES string of the molecule is CCC1(COc2c(C)cc(-c3cc(C)c(OCC4(CC)COC4)c(C)c3)cc2C)COC1.CCC1(COc2c(C)cc(-c3cc(C)c(OCC4(CC)COC4)c(C)c3)cc2C)COC1. The summed E-state index contributed by atoms with van der Waals surface area (Å²) in [5.41, 5.74) is 15.0. The van der Waals surface area contributed by atoms with Gasteiger partial charge in [-0.1, -0.05) is 27.7 Å². The maximum Gasteiger partial charge on any atom is 0.125 e. The molecule has 0 saturated carbocycles. The number of hydrogen-bond acceptors (Lipinski definition) is 8. The Bertz CT molecular complexity index is 1820. The second kappa shape index (κ2) is 19.8. The molecule has 4 aromatic rings. The summed E-state index contributed by atoms with van der Waals surface area (Å²) in [6.07, 6.45) is 4.34. The molecule has 4 aromatic carbocycles. The molecule has 64 heavy (non-hydrogen) atoms. The third-order valence-corrected chi connectivity index (χ3v) is 14.9. The van der Waals surface area contributed by atoms with Crippen LogP contribution in [0.15, 0.2) is 48.5 Å². The van der Waals surface area contributed by atoms with Crippen LogP contribution in [0.25, 0.3) is 22.3 Å². The van der Waals surface area contributed by atoms with Crippen molar-refractivity contribution in [3.05, 3.63) is 93.0 Å². The Morgan fingerprint density at radius 1 is 0.312 bits per heavy atom. The molecule has 8 rings (SSSR count). The van der Waals surface area contributed by atoms with Crippen molar-refractivity contribution < 1.29 is 37.9 Å². The molecule has 0 spiro atoms. The van der Waals surface area contributed by atoms with E-state index in [1.807, 2.05) is 0 Å². The van der Waals surface area contributed by atoms with Gasteiger partial charge in [0.2, 0.25) is 0 Å². The lowest BCUT2D eigenvalue weighted by atomic mass is 9.84. The molecule has 0 unspecified atom stereocenters. The van der Waals surface area contributed by atoms with Crippen molar-refractivity contribution in [2.45, 2.75) is 109 Å². The Balaban J connectivity index is 0.000000191. The fourth-order valence-corrected chi connectivity index (χ4v) is 9.40. The molecule has 0 radical (unpaired) electrons. The first kappa shape index (κ1) is 47.9. The van der Waals surface area contributed by atoms with E-state index in [9.17, 15) is 0 Å². The first-order valence-corrected chi connectivity index (χ1v) is 23.9. The third kappa shape index (κ3) is 10.2. The average molecular weight is 877 g/mol. The largest absolute Gasteiger partial charge is 0.492 e. The Kier molecular flexibility index (Phi) is 14.8. The quantitative estimate of drug-likeness (QED) is 0.0979. The van der Waals surface area contributed by atoms with Gasteiger partial charge in [0.15, 0.2) is 0 Å². The molecule has 4 aliphatic heterocycles. The number of benzene rings is 4. The highest BCUT2D eigenvalue weighted by Gasteiger charge is 2.40. The van der Waals surface area contributed by atoms with Crippen LogP contribution in [0.5, 0.6) is 23.0 Å². The van der Waals surface area contributed by atoms with Crippen LogP contribution in [0.2, 0.25) is 0 Å². The third-order valence-electron chi connectivity index (χ3n) is 14.9. The predicted octanol–water partition coefficient (Wildman–Crippen LogP) is 12.4. The van der Waals surface area contributed by atoms with Crippen LogP contribution in [0.4, 0.5) is 0 Å². The molecule has 0 aromatic heterocycles. The second-order valence-corrected chi connectivity index (χ2v) is 20.3. The van der Waals surface area contributed by atoms with E-state index < -0.39 is 0 Å². The zero-order valence-corrected chi connectivity index (χ0v) is 41.2. The van der Waals surface area contributed by atoms with Crippen LogP contribution in [-0.2, 0) is 18.9 Å². The summed E-state index contributed by atoms with van der Waals surface area (Å²) in [6.45, 7) is 35.3. The molecule has 4 saturated heterocycles. The van der Waals surface area contributed by atoms with Gasteiger partial charge in [-0.2, -0.15) is 0 Å². The van der Waals surface area contributed by atoms with Gasteiger partial charge in [-0.25, -0.2) is 0 Å². The minimum atomic E-state index is 0.184. The minimum Gasteiger partial charge on any atom is -0.492 e. The molecular formula is C56H76O8. The number of aryl methyl sites for hydroxylation is 8. The van der Waals surface area contributed by atoms with Crippen LogP contribution >= 0.6 is 0 Å². The molecule has 0 aliphatic carbocycles. The van der Waals surface area contributed by atoms with Crippen LogP contribution in [0.1, 0.15) is 97.9 Å². The standard InChI is InChI=1S/2C28H38O4/c2*1-7-27(13-29-14-27)17-31-25-19(3)9-23(10-20(25)4)24-11-21(5)26(22(6)12-24)32-18-28(8-2)15-30-16-28/h2*9-12H,7-8,13-18H2,1-6H3. The topological polar surface area (TPSA) is 73.8 Å². The molecule has 0 atom stereocenters. The maximum absolute atomic E-state index is 6.30. The normalized spacial score (nSPS) is 18.6. The minimum absolute atomic E-state index is 0.184. The fraction of sp³-hybridized carbons (Fsp3) is 0.571. The van der Waals surface area contributed by atoms with E-state index in [1.165, 1.54) is 66.8 Å². The van der Waals surface area contributed by atoms with Crippen molar-refractivity contribution in [1.82, 2.24) is 0 Å². The van der Waals surface area contributed by atoms with Crippen molar-refractivity contribution in [3.8, 4) is 45.3 Å². The molecule has 4 fully saturated rings. The van der Waals surface area contributed by atoms with Crippen molar-refractivity contribution in [1.29, 1.82) is 0 Å². The summed E-state index contributed by atoms with van der Waals surface area (Å²) in [7, 11) is 0. The molecule has 0 N–H and O–H groups in total. The molecule has 4 heterocycles. The van der Waals surface area contributed by atoms with E-state index in [0.717, 1.165) is 128 Å². The van der Waals surface area contributed by atoms with Gasteiger partial charge in [0, 0.05) is 0 Å². The highest BCUT2D eigenvalue weighted by atomic mass is 16.5. The lowest BCUT2D eigenvalue weighted by Crippen LogP contribution is -2.46. The van der Waals surface area contributed by atoms with Crippen molar-refractivity contribution in [2.75, 3.05) is 79.3 Å². The van der Waals surface area contributed by atoms with Gasteiger partial charge in [-0.15, -0.1) is 0 Å². The molecule has 8 nitrogen and oxygen atoms in total. The second-order valence-electron chi connectivity index (χ2n) is 20.3. The van der Waals surface area contributed by atoms with Gasteiger partial charge in [0.05, 0.1) is 101 Å². The van der Waals surface area contributed by atoms with E-state index in [1.54, 1.807) is 0 Å². The highest BCUT2D eigenvalue weighted by Crippen LogP contribution is 2.41. The highest BCUT2D eigenvalue weighted by molar-refractivity contribution is 5.71. The summed E-state index contributed by atoms with van der Waals surface area (Å²) in [4.78, 5) is 0. The van der Waals surface area contributed by atoms with Crippen LogP contribution in [-0.4, -0.2) is 79.3 Å². The van der Waals surface area contributed by atoms with Gasteiger partial charge in [0.1, 0.15) is 23.0 Å². The van der Waals surface area contributed by atoms with Crippen LogP contribution < -0.4 is 18.9 Å². The maximum atomic E-state index is 6.30. The van der Waals surface area contributed by atoms with Crippen molar-refractivity contribution >= 4 is 0 Å². The van der Waals surface area contributed by atoms with E-state index in [-0.39, 0.29) is 21.7 Å². The lowest BCUT2D eigenvalue weighted by molar-refractivity contribution is -0.133. The Morgan fingerprint density at radius 2 is 0.469 bits per heavy atom. The van der Waals surface area contributed by atoms with E-state index in [0.29, 0.717) is 0 Å². The van der Waals surface area contributed by atoms with Crippen molar-refractivity contribution in [3.63, 3.8) is 0 Å². The monoisotopic (exact) mass is 877 g/mol. The Labute approximate surface area is 384 Å². The Morgan fingerprint density at radius 3 is 0.578 bits per heavy atom. The van der Waals surface area contributed by atoms with Crippen molar-refractivity contribution in [2.24, 2.45) is 21.7 Å². The molecule has 4 aliphatic rings. The summed E-state index contributed by atoms with van der Waals surface area (Å²) in [6, 6.07) is 17.9. The number of hydrogen-bond donors (Lipinski definition) is 0.